The molecule has 16 heavy (non-hydrogen) atoms. The Balaban J connectivity index is 2.53. The maximum absolute atomic E-state index is 11.6. The number of aromatic nitrogens is 1. The number of carbonyl (C=O) groups excluding carboxylic acids is 2. The summed E-state index contributed by atoms with van der Waals surface area (Å²) < 4.78 is 0. The smallest absolute Gasteiger partial charge is 0.221 e. The predicted octanol–water partition coefficient (Wildman–Crippen LogP) is 1.86. The minimum Gasteiger partial charge on any atom is -0.345 e. The van der Waals surface area contributed by atoms with Gasteiger partial charge in [0.15, 0.2) is 0 Å². The highest BCUT2D eigenvalue weighted by Crippen LogP contribution is 2.21. The van der Waals surface area contributed by atoms with E-state index >= 15 is 0 Å². The van der Waals surface area contributed by atoms with Crippen molar-refractivity contribution in [2.75, 3.05) is 0 Å². The van der Waals surface area contributed by atoms with Crippen molar-refractivity contribution in [3.63, 3.8) is 0 Å². The van der Waals surface area contributed by atoms with E-state index in [-0.39, 0.29) is 18.1 Å². The van der Waals surface area contributed by atoms with Crippen LogP contribution in [0.5, 0.6) is 0 Å². The molecule has 88 valence electrons. The number of hydrogen-bond acceptors (Lipinski definition) is 4. The Labute approximate surface area is 99.1 Å². The van der Waals surface area contributed by atoms with E-state index in [1.54, 1.807) is 6.20 Å². The zero-order chi connectivity index (χ0) is 12.2. The van der Waals surface area contributed by atoms with Crippen molar-refractivity contribution in [1.82, 2.24) is 10.3 Å². The van der Waals surface area contributed by atoms with E-state index in [9.17, 15) is 9.59 Å². The highest BCUT2D eigenvalue weighted by Gasteiger charge is 2.25. The van der Waals surface area contributed by atoms with Gasteiger partial charge in [0.25, 0.3) is 0 Å². The van der Waals surface area contributed by atoms with Gasteiger partial charge in [-0.15, -0.1) is 11.3 Å². The highest BCUT2D eigenvalue weighted by atomic mass is 32.1. The number of hydrogen-bond donors (Lipinski definition) is 1. The molecule has 0 atom stereocenters. The van der Waals surface area contributed by atoms with Crippen molar-refractivity contribution < 1.29 is 9.59 Å². The minimum absolute atomic E-state index is 0.0298. The van der Waals surface area contributed by atoms with Gasteiger partial charge in [-0.25, -0.2) is 4.98 Å². The number of carbonyl (C=O) groups is 2. The van der Waals surface area contributed by atoms with Crippen LogP contribution in [0.1, 0.15) is 38.6 Å². The summed E-state index contributed by atoms with van der Waals surface area (Å²) in [6.07, 6.45) is 2.24. The lowest BCUT2D eigenvalue weighted by Gasteiger charge is -2.23. The third kappa shape index (κ3) is 3.73. The molecule has 0 aliphatic carbocycles. The Kier molecular flexibility index (Phi) is 4.18. The van der Waals surface area contributed by atoms with E-state index in [2.05, 4.69) is 10.3 Å². The van der Waals surface area contributed by atoms with Gasteiger partial charge in [-0.05, 0) is 20.8 Å². The Hall–Kier alpha value is -1.23. The van der Waals surface area contributed by atoms with Gasteiger partial charge in [-0.2, -0.15) is 0 Å². The molecule has 1 aromatic rings. The third-order valence-corrected chi connectivity index (χ3v) is 3.22. The quantitative estimate of drug-likeness (QED) is 0.854. The molecular weight excluding hydrogens is 224 g/mol. The van der Waals surface area contributed by atoms with Crippen molar-refractivity contribution in [2.24, 2.45) is 0 Å². The van der Waals surface area contributed by atoms with Gasteiger partial charge < -0.3 is 10.1 Å². The highest BCUT2D eigenvalue weighted by molar-refractivity contribution is 7.09. The van der Waals surface area contributed by atoms with Crippen LogP contribution < -0.4 is 5.32 Å². The molecule has 0 unspecified atom stereocenters. The summed E-state index contributed by atoms with van der Waals surface area (Å²) in [4.78, 5) is 26.5. The molecule has 1 aromatic heterocycles. The molecule has 0 bridgehead atoms. The first-order valence-electron chi connectivity index (χ1n) is 5.12. The van der Waals surface area contributed by atoms with Crippen LogP contribution in [0, 0.1) is 0 Å². The number of nitrogens with zero attached hydrogens (tertiary/aromatic N) is 1. The molecule has 0 saturated heterocycles. The molecule has 0 fully saturated rings. The van der Waals surface area contributed by atoms with E-state index in [0.717, 1.165) is 5.01 Å². The molecule has 0 aliphatic rings. The first kappa shape index (κ1) is 12.8. The second kappa shape index (κ2) is 5.21. The summed E-state index contributed by atoms with van der Waals surface area (Å²) in [5.41, 5.74) is -0.470. The number of nitrogens with one attached hydrogen (secondary N) is 1. The summed E-state index contributed by atoms with van der Waals surface area (Å²) in [5, 5.41) is 5.61. The maximum atomic E-state index is 11.6. The fourth-order valence-corrected chi connectivity index (χ4v) is 2.00. The average Bonchev–Trinajstić information content (AvgIpc) is 2.67. The lowest BCUT2D eigenvalue weighted by atomic mass is 10.1. The number of thiazole rings is 1. The van der Waals surface area contributed by atoms with Gasteiger partial charge in [0.1, 0.15) is 10.8 Å². The largest absolute Gasteiger partial charge is 0.345 e. The van der Waals surface area contributed by atoms with Crippen LogP contribution >= 0.6 is 11.3 Å². The molecule has 1 heterocycles. The van der Waals surface area contributed by atoms with E-state index in [4.69, 9.17) is 0 Å². The molecule has 0 spiro atoms. The molecule has 0 aromatic carbocycles. The summed E-state index contributed by atoms with van der Waals surface area (Å²) in [5.74, 6) is -0.0856. The second-order valence-corrected chi connectivity index (χ2v) is 5.11. The third-order valence-electron chi connectivity index (χ3n) is 2.12. The van der Waals surface area contributed by atoms with Gasteiger partial charge in [0.05, 0.1) is 5.54 Å². The van der Waals surface area contributed by atoms with Crippen LogP contribution in [0.25, 0.3) is 0 Å². The van der Waals surface area contributed by atoms with Crippen LogP contribution in [-0.2, 0) is 15.1 Å². The zero-order valence-corrected chi connectivity index (χ0v) is 10.6. The van der Waals surface area contributed by atoms with Crippen LogP contribution in [0.15, 0.2) is 11.6 Å². The molecule has 0 radical (unpaired) electrons. The summed E-state index contributed by atoms with van der Waals surface area (Å²) in [6, 6.07) is 0. The number of ketones is 1. The molecule has 1 rings (SSSR count). The fourth-order valence-electron chi connectivity index (χ4n) is 1.29. The van der Waals surface area contributed by atoms with Crippen molar-refractivity contribution in [2.45, 2.75) is 39.2 Å². The van der Waals surface area contributed by atoms with Crippen molar-refractivity contribution >= 4 is 23.0 Å². The monoisotopic (exact) mass is 240 g/mol. The number of rotatable bonds is 5. The van der Waals surface area contributed by atoms with Gasteiger partial charge in [-0.3, -0.25) is 4.79 Å². The van der Waals surface area contributed by atoms with Crippen LogP contribution in [0.4, 0.5) is 0 Å². The van der Waals surface area contributed by atoms with Crippen molar-refractivity contribution in [3.8, 4) is 0 Å². The molecule has 1 N–H and O–H groups in total. The number of amides is 1. The lowest BCUT2D eigenvalue weighted by molar-refractivity contribution is -0.125. The SMILES string of the molecule is CC(=O)CCC(=O)NC(C)(C)c1nccs1. The molecule has 1 amide bonds. The van der Waals surface area contributed by atoms with Gasteiger partial charge in [-0.1, -0.05) is 0 Å². The fraction of sp³-hybridized carbons (Fsp3) is 0.545. The summed E-state index contributed by atoms with van der Waals surface area (Å²) >= 11 is 1.50. The molecule has 0 aliphatic heterocycles. The van der Waals surface area contributed by atoms with Gasteiger partial charge >= 0.3 is 0 Å². The first-order valence-corrected chi connectivity index (χ1v) is 6.00. The Morgan fingerprint density at radius 3 is 2.62 bits per heavy atom. The molecule has 0 saturated carbocycles. The van der Waals surface area contributed by atoms with Crippen LogP contribution in [-0.4, -0.2) is 16.7 Å². The second-order valence-electron chi connectivity index (χ2n) is 4.21. The normalized spacial score (nSPS) is 11.2. The van der Waals surface area contributed by atoms with Crippen LogP contribution in [0.2, 0.25) is 0 Å². The standard InChI is InChI=1S/C11H16N2O2S/c1-8(14)4-5-9(15)13-11(2,3)10-12-6-7-16-10/h6-7H,4-5H2,1-3H3,(H,13,15). The predicted molar refractivity (Wildman–Crippen MR) is 63.2 cm³/mol. The average molecular weight is 240 g/mol. The van der Waals surface area contributed by atoms with Crippen molar-refractivity contribution in [3.05, 3.63) is 16.6 Å². The Bertz CT molecular complexity index is 371. The topological polar surface area (TPSA) is 59.1 Å². The van der Waals surface area contributed by atoms with E-state index in [1.807, 2.05) is 19.2 Å². The number of Topliss-reactive ketones (excluding diaryl/α,β-unsaturated/α-hetero) is 1. The Morgan fingerprint density at radius 2 is 2.12 bits per heavy atom. The minimum atomic E-state index is -0.470. The first-order chi connectivity index (χ1) is 7.42. The molecular formula is C11H16N2O2S. The van der Waals surface area contributed by atoms with Gasteiger partial charge in [0.2, 0.25) is 5.91 Å². The summed E-state index contributed by atoms with van der Waals surface area (Å²) in [6.45, 7) is 5.29. The Morgan fingerprint density at radius 1 is 1.44 bits per heavy atom. The maximum Gasteiger partial charge on any atom is 0.221 e. The zero-order valence-electron chi connectivity index (χ0n) is 9.74. The van der Waals surface area contributed by atoms with E-state index < -0.39 is 5.54 Å². The van der Waals surface area contributed by atoms with Crippen molar-refractivity contribution in [1.29, 1.82) is 0 Å². The lowest BCUT2D eigenvalue weighted by Crippen LogP contribution is -2.40. The van der Waals surface area contributed by atoms with Crippen LogP contribution in [0.3, 0.4) is 0 Å². The van der Waals surface area contributed by atoms with E-state index in [1.165, 1.54) is 18.3 Å². The molecule has 4 nitrogen and oxygen atoms in total. The van der Waals surface area contributed by atoms with E-state index in [0.29, 0.717) is 6.42 Å². The summed E-state index contributed by atoms with van der Waals surface area (Å²) in [7, 11) is 0. The molecule has 5 heteroatoms. The van der Waals surface area contributed by atoms with Gasteiger partial charge in [0, 0.05) is 24.4 Å².